The Morgan fingerprint density at radius 3 is 2.69 bits per heavy atom. The molecule has 0 fully saturated rings. The molecule has 16 heavy (non-hydrogen) atoms. The number of hydrogen-bond donors (Lipinski definition) is 2. The summed E-state index contributed by atoms with van der Waals surface area (Å²) in [6, 6.07) is 8.13. The maximum Gasteiger partial charge on any atom is 0.123 e. The number of aromatic nitrogens is 1. The minimum Gasteiger partial charge on any atom is -0.384 e. The third-order valence-corrected chi connectivity index (χ3v) is 2.25. The highest BCUT2D eigenvalue weighted by Crippen LogP contribution is 2.20. The molecule has 0 bridgehead atoms. The molecule has 0 amide bonds. The first kappa shape index (κ1) is 10.4. The van der Waals surface area contributed by atoms with Crippen molar-refractivity contribution in [3.63, 3.8) is 0 Å². The highest BCUT2D eigenvalue weighted by Gasteiger charge is 2.00. The van der Waals surface area contributed by atoms with Gasteiger partial charge in [-0.05, 0) is 42.8 Å². The van der Waals surface area contributed by atoms with E-state index in [-0.39, 0.29) is 5.82 Å². The van der Waals surface area contributed by atoms with Crippen molar-refractivity contribution in [2.24, 2.45) is 0 Å². The van der Waals surface area contributed by atoms with E-state index >= 15 is 0 Å². The molecule has 0 aliphatic carbocycles. The summed E-state index contributed by atoms with van der Waals surface area (Å²) in [5, 5.41) is 3.14. The Morgan fingerprint density at radius 2 is 2.06 bits per heavy atom. The standard InChI is InChI=1S/C12H12FN3/c1-8-6-9(13)2-4-11(8)16-10-3-5-12(14)15-7-10/h2-7,16H,1H3,(H2,14,15). The lowest BCUT2D eigenvalue weighted by molar-refractivity contribution is 0.627. The fraction of sp³-hybridized carbons (Fsp3) is 0.0833. The van der Waals surface area contributed by atoms with Gasteiger partial charge in [-0.1, -0.05) is 0 Å². The van der Waals surface area contributed by atoms with Crippen molar-refractivity contribution in [3.05, 3.63) is 47.9 Å². The van der Waals surface area contributed by atoms with Gasteiger partial charge in [0.1, 0.15) is 11.6 Å². The fourth-order valence-electron chi connectivity index (χ4n) is 1.40. The topological polar surface area (TPSA) is 50.9 Å². The summed E-state index contributed by atoms with van der Waals surface area (Å²) in [6.45, 7) is 1.84. The molecule has 0 aliphatic heterocycles. The number of nitrogen functional groups attached to an aromatic ring is 1. The number of benzene rings is 1. The molecule has 0 saturated carbocycles. The number of rotatable bonds is 2. The quantitative estimate of drug-likeness (QED) is 0.813. The van der Waals surface area contributed by atoms with Crippen LogP contribution in [0.15, 0.2) is 36.5 Å². The second-order valence-electron chi connectivity index (χ2n) is 3.56. The van der Waals surface area contributed by atoms with Crippen LogP contribution in [0.2, 0.25) is 0 Å². The van der Waals surface area contributed by atoms with Gasteiger partial charge in [-0.25, -0.2) is 9.37 Å². The smallest absolute Gasteiger partial charge is 0.123 e. The van der Waals surface area contributed by atoms with E-state index in [2.05, 4.69) is 10.3 Å². The summed E-state index contributed by atoms with van der Waals surface area (Å²) >= 11 is 0. The Labute approximate surface area is 93.1 Å². The maximum atomic E-state index is 12.9. The van der Waals surface area contributed by atoms with Gasteiger partial charge in [0.25, 0.3) is 0 Å². The molecule has 1 aromatic heterocycles. The van der Waals surface area contributed by atoms with Gasteiger partial charge in [0.05, 0.1) is 11.9 Å². The molecule has 4 heteroatoms. The Balaban J connectivity index is 2.23. The SMILES string of the molecule is Cc1cc(F)ccc1Nc1ccc(N)nc1. The van der Waals surface area contributed by atoms with Crippen LogP contribution in [0, 0.1) is 12.7 Å². The molecule has 82 valence electrons. The zero-order valence-corrected chi connectivity index (χ0v) is 8.87. The van der Waals surface area contributed by atoms with E-state index in [0.29, 0.717) is 5.82 Å². The van der Waals surface area contributed by atoms with Gasteiger partial charge < -0.3 is 11.1 Å². The lowest BCUT2D eigenvalue weighted by Gasteiger charge is -2.09. The van der Waals surface area contributed by atoms with E-state index in [1.165, 1.54) is 12.1 Å². The van der Waals surface area contributed by atoms with Crippen LogP contribution >= 0.6 is 0 Å². The Kier molecular flexibility index (Phi) is 2.72. The predicted molar refractivity (Wildman–Crippen MR) is 63.1 cm³/mol. The molecular formula is C12H12FN3. The molecule has 0 radical (unpaired) electrons. The molecular weight excluding hydrogens is 205 g/mol. The van der Waals surface area contributed by atoms with Gasteiger partial charge in [0.2, 0.25) is 0 Å². The van der Waals surface area contributed by atoms with E-state index in [4.69, 9.17) is 5.73 Å². The second kappa shape index (κ2) is 4.18. The molecule has 1 aromatic carbocycles. The van der Waals surface area contributed by atoms with Gasteiger partial charge in [-0.15, -0.1) is 0 Å². The average molecular weight is 217 g/mol. The van der Waals surface area contributed by atoms with Crippen molar-refractivity contribution in [1.29, 1.82) is 0 Å². The molecule has 1 heterocycles. The van der Waals surface area contributed by atoms with Crippen molar-refractivity contribution in [2.45, 2.75) is 6.92 Å². The first-order chi connectivity index (χ1) is 7.65. The Bertz CT molecular complexity index is 494. The van der Waals surface area contributed by atoms with E-state index in [1.54, 1.807) is 18.3 Å². The molecule has 2 aromatic rings. The minimum absolute atomic E-state index is 0.238. The number of hydrogen-bond acceptors (Lipinski definition) is 3. The molecule has 0 aliphatic rings. The second-order valence-corrected chi connectivity index (χ2v) is 3.56. The van der Waals surface area contributed by atoms with Gasteiger partial charge >= 0.3 is 0 Å². The van der Waals surface area contributed by atoms with Crippen LogP contribution in [-0.4, -0.2) is 4.98 Å². The van der Waals surface area contributed by atoms with Crippen molar-refractivity contribution in [2.75, 3.05) is 11.1 Å². The Morgan fingerprint density at radius 1 is 1.25 bits per heavy atom. The Hall–Kier alpha value is -2.10. The number of pyridine rings is 1. The highest BCUT2D eigenvalue weighted by molar-refractivity contribution is 5.62. The van der Waals surface area contributed by atoms with E-state index in [1.807, 2.05) is 13.0 Å². The lowest BCUT2D eigenvalue weighted by atomic mass is 10.2. The summed E-state index contributed by atoms with van der Waals surface area (Å²) in [6.07, 6.45) is 1.64. The number of aryl methyl sites for hydroxylation is 1. The summed E-state index contributed by atoms with van der Waals surface area (Å²) < 4.78 is 12.9. The average Bonchev–Trinajstić information content (AvgIpc) is 2.25. The van der Waals surface area contributed by atoms with Crippen LogP contribution in [0.25, 0.3) is 0 Å². The third-order valence-electron chi connectivity index (χ3n) is 2.25. The van der Waals surface area contributed by atoms with Crippen LogP contribution in [0.3, 0.4) is 0 Å². The summed E-state index contributed by atoms with van der Waals surface area (Å²) in [5.41, 5.74) is 8.00. The van der Waals surface area contributed by atoms with Crippen LogP contribution in [0.1, 0.15) is 5.56 Å². The van der Waals surface area contributed by atoms with Crippen LogP contribution in [0.4, 0.5) is 21.6 Å². The number of halogens is 1. The molecule has 0 saturated heterocycles. The van der Waals surface area contributed by atoms with Crippen LogP contribution in [-0.2, 0) is 0 Å². The molecule has 0 unspecified atom stereocenters. The minimum atomic E-state index is -0.238. The number of nitrogens with zero attached hydrogens (tertiary/aromatic N) is 1. The molecule has 0 spiro atoms. The number of anilines is 3. The highest BCUT2D eigenvalue weighted by atomic mass is 19.1. The molecule has 2 rings (SSSR count). The van der Waals surface area contributed by atoms with Crippen molar-refractivity contribution in [3.8, 4) is 0 Å². The third kappa shape index (κ3) is 2.28. The van der Waals surface area contributed by atoms with Crippen molar-refractivity contribution < 1.29 is 4.39 Å². The zero-order chi connectivity index (χ0) is 11.5. The van der Waals surface area contributed by atoms with E-state index < -0.39 is 0 Å². The summed E-state index contributed by atoms with van der Waals surface area (Å²) in [4.78, 5) is 3.96. The van der Waals surface area contributed by atoms with Crippen LogP contribution in [0.5, 0.6) is 0 Å². The van der Waals surface area contributed by atoms with Gasteiger partial charge in [-0.2, -0.15) is 0 Å². The van der Waals surface area contributed by atoms with Crippen molar-refractivity contribution >= 4 is 17.2 Å². The first-order valence-corrected chi connectivity index (χ1v) is 4.90. The normalized spacial score (nSPS) is 10.1. The summed E-state index contributed by atoms with van der Waals surface area (Å²) in [7, 11) is 0. The van der Waals surface area contributed by atoms with Gasteiger partial charge in [-0.3, -0.25) is 0 Å². The number of nitrogens with one attached hydrogen (secondary N) is 1. The molecule has 3 nitrogen and oxygen atoms in total. The van der Waals surface area contributed by atoms with Gasteiger partial charge in [0, 0.05) is 5.69 Å². The van der Waals surface area contributed by atoms with Crippen LogP contribution < -0.4 is 11.1 Å². The van der Waals surface area contributed by atoms with E-state index in [0.717, 1.165) is 16.9 Å². The zero-order valence-electron chi connectivity index (χ0n) is 8.87. The molecule has 3 N–H and O–H groups in total. The number of nitrogens with two attached hydrogens (primary N) is 1. The van der Waals surface area contributed by atoms with Crippen molar-refractivity contribution in [1.82, 2.24) is 4.98 Å². The monoisotopic (exact) mass is 217 g/mol. The lowest BCUT2D eigenvalue weighted by Crippen LogP contribution is -1.95. The predicted octanol–water partition coefficient (Wildman–Crippen LogP) is 2.85. The first-order valence-electron chi connectivity index (χ1n) is 4.90. The maximum absolute atomic E-state index is 12.9. The largest absolute Gasteiger partial charge is 0.384 e. The van der Waals surface area contributed by atoms with Gasteiger partial charge in [0.15, 0.2) is 0 Å². The van der Waals surface area contributed by atoms with E-state index in [9.17, 15) is 4.39 Å². The summed E-state index contributed by atoms with van der Waals surface area (Å²) in [5.74, 6) is 0.236. The fourth-order valence-corrected chi connectivity index (χ4v) is 1.40. The molecule has 0 atom stereocenters.